The number of thioether (sulfide) groups is 1. The molecule has 26 heavy (non-hydrogen) atoms. The van der Waals surface area contributed by atoms with Crippen LogP contribution < -0.4 is 5.32 Å². The highest BCUT2D eigenvalue weighted by molar-refractivity contribution is 9.10. The van der Waals surface area contributed by atoms with E-state index in [0.717, 1.165) is 26.7 Å². The number of para-hydroxylation sites is 1. The summed E-state index contributed by atoms with van der Waals surface area (Å²) < 4.78 is 0.865. The maximum atomic E-state index is 12.5. The monoisotopic (exact) mass is 450 g/mol. The predicted octanol–water partition coefficient (Wildman–Crippen LogP) is 4.78. The lowest BCUT2D eigenvalue weighted by molar-refractivity contribution is -0.127. The predicted molar refractivity (Wildman–Crippen MR) is 107 cm³/mol. The number of imide groups is 1. The van der Waals surface area contributed by atoms with Crippen molar-refractivity contribution in [3.8, 4) is 0 Å². The molecule has 2 aromatic rings. The SMILES string of the molecule is O=C(CN1C(=O)S/C(=C/c2cccc(Br)c2)C1=O)Nc1ccccc1Cl. The van der Waals surface area contributed by atoms with Crippen LogP contribution in [0.4, 0.5) is 10.5 Å². The van der Waals surface area contributed by atoms with Crippen molar-refractivity contribution in [1.82, 2.24) is 4.90 Å². The summed E-state index contributed by atoms with van der Waals surface area (Å²) in [7, 11) is 0. The molecule has 3 rings (SSSR count). The van der Waals surface area contributed by atoms with Gasteiger partial charge >= 0.3 is 0 Å². The van der Waals surface area contributed by atoms with E-state index >= 15 is 0 Å². The van der Waals surface area contributed by atoms with Crippen molar-refractivity contribution >= 4 is 68.1 Å². The average molecular weight is 452 g/mol. The molecule has 1 heterocycles. The molecule has 3 amide bonds. The number of nitrogens with one attached hydrogen (secondary N) is 1. The third-order valence-electron chi connectivity index (χ3n) is 3.47. The average Bonchev–Trinajstić information content (AvgIpc) is 2.84. The molecule has 1 saturated heterocycles. The van der Waals surface area contributed by atoms with Gasteiger partial charge in [0.1, 0.15) is 6.54 Å². The molecule has 5 nitrogen and oxygen atoms in total. The van der Waals surface area contributed by atoms with Gasteiger partial charge in [0.15, 0.2) is 0 Å². The van der Waals surface area contributed by atoms with Gasteiger partial charge in [-0.25, -0.2) is 0 Å². The third-order valence-corrected chi connectivity index (χ3v) is 5.20. The van der Waals surface area contributed by atoms with Crippen LogP contribution in [0.5, 0.6) is 0 Å². The van der Waals surface area contributed by atoms with E-state index in [1.54, 1.807) is 30.3 Å². The summed E-state index contributed by atoms with van der Waals surface area (Å²) in [5.74, 6) is -0.988. The second kappa shape index (κ2) is 8.07. The van der Waals surface area contributed by atoms with E-state index in [0.29, 0.717) is 10.7 Å². The Hall–Kier alpha value is -2.09. The number of anilines is 1. The first-order valence-corrected chi connectivity index (χ1v) is 9.48. The largest absolute Gasteiger partial charge is 0.323 e. The number of carbonyl (C=O) groups excluding carboxylic acids is 3. The van der Waals surface area contributed by atoms with Crippen LogP contribution in [0.2, 0.25) is 5.02 Å². The molecule has 0 saturated carbocycles. The molecular formula is C18H12BrClN2O3S. The highest BCUT2D eigenvalue weighted by atomic mass is 79.9. The van der Waals surface area contributed by atoms with Crippen LogP contribution >= 0.6 is 39.3 Å². The Kier molecular flexibility index (Phi) is 5.80. The van der Waals surface area contributed by atoms with Crippen LogP contribution in [-0.2, 0) is 9.59 Å². The zero-order valence-electron chi connectivity index (χ0n) is 13.2. The van der Waals surface area contributed by atoms with Crippen LogP contribution in [-0.4, -0.2) is 28.5 Å². The molecule has 0 radical (unpaired) electrons. The highest BCUT2D eigenvalue weighted by Gasteiger charge is 2.36. The lowest BCUT2D eigenvalue weighted by atomic mass is 10.2. The minimum absolute atomic E-state index is 0.277. The van der Waals surface area contributed by atoms with Crippen molar-refractivity contribution in [2.75, 3.05) is 11.9 Å². The second-order valence-corrected chi connectivity index (χ2v) is 7.67. The molecule has 1 aliphatic rings. The number of nitrogens with zero attached hydrogens (tertiary/aromatic N) is 1. The lowest BCUT2D eigenvalue weighted by Gasteiger charge is -2.13. The van der Waals surface area contributed by atoms with Crippen LogP contribution in [0.25, 0.3) is 6.08 Å². The van der Waals surface area contributed by atoms with Gasteiger partial charge in [0.05, 0.1) is 15.6 Å². The third kappa shape index (κ3) is 4.35. The Bertz CT molecular complexity index is 932. The van der Waals surface area contributed by atoms with Crippen molar-refractivity contribution in [3.63, 3.8) is 0 Å². The summed E-state index contributed by atoms with van der Waals surface area (Å²) in [5, 5.41) is 2.50. The van der Waals surface area contributed by atoms with Gasteiger partial charge in [-0.3, -0.25) is 19.3 Å². The lowest BCUT2D eigenvalue weighted by Crippen LogP contribution is -2.36. The maximum absolute atomic E-state index is 12.5. The zero-order chi connectivity index (χ0) is 18.7. The first kappa shape index (κ1) is 18.7. The number of rotatable bonds is 4. The molecule has 0 spiro atoms. The van der Waals surface area contributed by atoms with Gasteiger partial charge in [-0.1, -0.05) is 51.8 Å². The van der Waals surface area contributed by atoms with E-state index in [4.69, 9.17) is 11.6 Å². The molecule has 1 aliphatic heterocycles. The van der Waals surface area contributed by atoms with Crippen LogP contribution in [0.1, 0.15) is 5.56 Å². The first-order valence-electron chi connectivity index (χ1n) is 7.49. The van der Waals surface area contributed by atoms with E-state index in [-0.39, 0.29) is 11.4 Å². The molecule has 0 unspecified atom stereocenters. The van der Waals surface area contributed by atoms with Gasteiger partial charge < -0.3 is 5.32 Å². The quantitative estimate of drug-likeness (QED) is 0.680. The van der Waals surface area contributed by atoms with Gasteiger partial charge in [-0.2, -0.15) is 0 Å². The topological polar surface area (TPSA) is 66.5 Å². The fraction of sp³-hybridized carbons (Fsp3) is 0.0556. The molecule has 0 bridgehead atoms. The summed E-state index contributed by atoms with van der Waals surface area (Å²) in [6.45, 7) is -0.369. The van der Waals surface area contributed by atoms with Gasteiger partial charge in [-0.05, 0) is 47.7 Å². The van der Waals surface area contributed by atoms with E-state index in [2.05, 4.69) is 21.2 Å². The normalized spacial score (nSPS) is 15.6. The fourth-order valence-corrected chi connectivity index (χ4v) is 3.72. The molecule has 132 valence electrons. The van der Waals surface area contributed by atoms with Gasteiger partial charge in [0.2, 0.25) is 5.91 Å². The maximum Gasteiger partial charge on any atom is 0.294 e. The Morgan fingerprint density at radius 2 is 1.96 bits per heavy atom. The minimum Gasteiger partial charge on any atom is -0.323 e. The standard InChI is InChI=1S/C18H12BrClN2O3S/c19-12-5-3-4-11(8-12)9-15-17(24)22(18(25)26-15)10-16(23)21-14-7-2-1-6-13(14)20/h1-9H,10H2,(H,21,23)/b15-9+. The summed E-state index contributed by atoms with van der Waals surface area (Å²) in [6, 6.07) is 14.1. The van der Waals surface area contributed by atoms with E-state index in [9.17, 15) is 14.4 Å². The number of halogens is 2. The summed E-state index contributed by atoms with van der Waals surface area (Å²) in [6.07, 6.45) is 1.63. The molecule has 1 N–H and O–H groups in total. The number of benzene rings is 2. The molecule has 0 atom stereocenters. The van der Waals surface area contributed by atoms with E-state index in [1.807, 2.05) is 24.3 Å². The fourth-order valence-electron chi connectivity index (χ4n) is 2.28. The van der Waals surface area contributed by atoms with Gasteiger partial charge in [-0.15, -0.1) is 0 Å². The summed E-state index contributed by atoms with van der Waals surface area (Å²) in [4.78, 5) is 37.9. The molecule has 1 fully saturated rings. The van der Waals surface area contributed by atoms with Crippen molar-refractivity contribution in [2.45, 2.75) is 0 Å². The van der Waals surface area contributed by atoms with Crippen molar-refractivity contribution < 1.29 is 14.4 Å². The molecule has 0 aliphatic carbocycles. The van der Waals surface area contributed by atoms with Gasteiger partial charge in [0, 0.05) is 4.47 Å². The number of carbonyl (C=O) groups is 3. The number of hydrogen-bond acceptors (Lipinski definition) is 4. The van der Waals surface area contributed by atoms with Crippen LogP contribution in [0, 0.1) is 0 Å². The summed E-state index contributed by atoms with van der Waals surface area (Å²) in [5.41, 5.74) is 1.21. The Balaban J connectivity index is 1.71. The highest BCUT2D eigenvalue weighted by Crippen LogP contribution is 2.32. The van der Waals surface area contributed by atoms with E-state index in [1.165, 1.54) is 0 Å². The van der Waals surface area contributed by atoms with Crippen molar-refractivity contribution in [2.24, 2.45) is 0 Å². The molecule has 8 heteroatoms. The number of hydrogen-bond donors (Lipinski definition) is 1. The Morgan fingerprint density at radius 3 is 2.69 bits per heavy atom. The zero-order valence-corrected chi connectivity index (χ0v) is 16.4. The summed E-state index contributed by atoms with van der Waals surface area (Å²) >= 11 is 10.2. The molecular weight excluding hydrogens is 440 g/mol. The van der Waals surface area contributed by atoms with Crippen LogP contribution in [0.3, 0.4) is 0 Å². The Labute approximate surface area is 167 Å². The second-order valence-electron chi connectivity index (χ2n) is 5.35. The van der Waals surface area contributed by atoms with E-state index < -0.39 is 17.1 Å². The van der Waals surface area contributed by atoms with Crippen molar-refractivity contribution in [3.05, 3.63) is 68.5 Å². The van der Waals surface area contributed by atoms with Crippen molar-refractivity contribution in [1.29, 1.82) is 0 Å². The van der Waals surface area contributed by atoms with Crippen LogP contribution in [0.15, 0.2) is 57.9 Å². The first-order chi connectivity index (χ1) is 12.4. The number of amides is 3. The molecule has 2 aromatic carbocycles. The smallest absolute Gasteiger partial charge is 0.294 e. The molecule has 0 aromatic heterocycles. The minimum atomic E-state index is -0.496. The van der Waals surface area contributed by atoms with Gasteiger partial charge in [0.25, 0.3) is 11.1 Å². The Morgan fingerprint density at radius 1 is 1.19 bits per heavy atom.